The molecule has 0 spiro atoms. The standard InChI is InChI=1S/C21H14ClFN2O3S/c1-28-16-8-7-12(22)10-15(16)24-19-18(17-6-3-9-29-17)20(26)25(21(19)27)14-5-2-4-13(23)11-14/h2-11,24H,1H3. The molecule has 5 nitrogen and oxygen atoms in total. The molecule has 0 bridgehead atoms. The maximum atomic E-state index is 13.7. The van der Waals surface area contributed by atoms with Crippen LogP contribution in [0.5, 0.6) is 5.75 Å². The summed E-state index contributed by atoms with van der Waals surface area (Å²) in [6.45, 7) is 0. The fourth-order valence-corrected chi connectivity index (χ4v) is 4.00. The number of carbonyl (C=O) groups is 2. The van der Waals surface area contributed by atoms with E-state index in [1.165, 1.54) is 36.6 Å². The molecule has 0 unspecified atom stereocenters. The van der Waals surface area contributed by atoms with Crippen LogP contribution in [-0.4, -0.2) is 18.9 Å². The Kier molecular flexibility index (Phi) is 5.08. The number of amides is 2. The number of methoxy groups -OCH3 is 1. The number of hydrogen-bond donors (Lipinski definition) is 1. The summed E-state index contributed by atoms with van der Waals surface area (Å²) in [5.41, 5.74) is 0.869. The molecule has 1 aliphatic rings. The number of ether oxygens (including phenoxy) is 1. The number of nitrogens with one attached hydrogen (secondary N) is 1. The number of anilines is 2. The third-order valence-electron chi connectivity index (χ3n) is 4.34. The number of rotatable bonds is 5. The Morgan fingerprint density at radius 2 is 1.90 bits per heavy atom. The van der Waals surface area contributed by atoms with Crippen LogP contribution < -0.4 is 15.0 Å². The highest BCUT2D eigenvalue weighted by atomic mass is 35.5. The van der Waals surface area contributed by atoms with Crippen LogP contribution in [0.2, 0.25) is 5.02 Å². The van der Waals surface area contributed by atoms with Gasteiger partial charge in [0.05, 0.1) is 24.1 Å². The van der Waals surface area contributed by atoms with Gasteiger partial charge < -0.3 is 10.1 Å². The van der Waals surface area contributed by atoms with E-state index >= 15 is 0 Å². The zero-order valence-electron chi connectivity index (χ0n) is 15.1. The molecule has 0 saturated carbocycles. The minimum atomic E-state index is -0.592. The number of carbonyl (C=O) groups excluding carboxylic acids is 2. The molecule has 146 valence electrons. The number of nitrogens with zero attached hydrogens (tertiary/aromatic N) is 1. The van der Waals surface area contributed by atoms with Gasteiger partial charge in [-0.2, -0.15) is 0 Å². The van der Waals surface area contributed by atoms with Gasteiger partial charge in [-0.05, 0) is 47.8 Å². The van der Waals surface area contributed by atoms with Crippen molar-refractivity contribution in [1.82, 2.24) is 0 Å². The lowest BCUT2D eigenvalue weighted by atomic mass is 10.1. The van der Waals surface area contributed by atoms with Crippen molar-refractivity contribution in [3.05, 3.63) is 81.4 Å². The second-order valence-electron chi connectivity index (χ2n) is 6.12. The van der Waals surface area contributed by atoms with Gasteiger partial charge in [0.1, 0.15) is 17.3 Å². The van der Waals surface area contributed by atoms with Crippen LogP contribution in [0.25, 0.3) is 5.57 Å². The molecule has 2 heterocycles. The van der Waals surface area contributed by atoms with Crippen molar-refractivity contribution < 1.29 is 18.7 Å². The maximum Gasteiger partial charge on any atom is 0.282 e. The summed E-state index contributed by atoms with van der Waals surface area (Å²) < 4.78 is 19.1. The van der Waals surface area contributed by atoms with Crippen LogP contribution in [0, 0.1) is 5.82 Å². The van der Waals surface area contributed by atoms with Crippen molar-refractivity contribution in [1.29, 1.82) is 0 Å². The first-order valence-electron chi connectivity index (χ1n) is 8.52. The van der Waals surface area contributed by atoms with Crippen molar-refractivity contribution in [2.24, 2.45) is 0 Å². The van der Waals surface area contributed by atoms with Crippen LogP contribution in [0.15, 0.2) is 65.7 Å². The van der Waals surface area contributed by atoms with Crippen LogP contribution in [0.3, 0.4) is 0 Å². The van der Waals surface area contributed by atoms with Gasteiger partial charge in [0.2, 0.25) is 0 Å². The van der Waals surface area contributed by atoms with Gasteiger partial charge >= 0.3 is 0 Å². The topological polar surface area (TPSA) is 58.6 Å². The smallest absolute Gasteiger partial charge is 0.282 e. The largest absolute Gasteiger partial charge is 0.495 e. The summed E-state index contributed by atoms with van der Waals surface area (Å²) in [5.74, 6) is -1.21. The lowest BCUT2D eigenvalue weighted by molar-refractivity contribution is -0.120. The highest BCUT2D eigenvalue weighted by Crippen LogP contribution is 2.37. The van der Waals surface area contributed by atoms with Gasteiger partial charge in [-0.1, -0.05) is 23.7 Å². The van der Waals surface area contributed by atoms with E-state index < -0.39 is 17.6 Å². The molecule has 1 aliphatic heterocycles. The van der Waals surface area contributed by atoms with E-state index in [1.54, 1.807) is 30.3 Å². The Hall–Kier alpha value is -3.16. The molecule has 29 heavy (non-hydrogen) atoms. The molecule has 0 radical (unpaired) electrons. The number of benzene rings is 2. The van der Waals surface area contributed by atoms with Crippen LogP contribution in [-0.2, 0) is 9.59 Å². The summed E-state index contributed by atoms with van der Waals surface area (Å²) >= 11 is 7.41. The van der Waals surface area contributed by atoms with Crippen molar-refractivity contribution in [3.8, 4) is 5.75 Å². The van der Waals surface area contributed by atoms with Gasteiger partial charge in [-0.15, -0.1) is 11.3 Å². The zero-order chi connectivity index (χ0) is 20.5. The second-order valence-corrected chi connectivity index (χ2v) is 7.51. The van der Waals surface area contributed by atoms with Gasteiger partial charge in [0.15, 0.2) is 0 Å². The summed E-state index contributed by atoms with van der Waals surface area (Å²) in [6.07, 6.45) is 0. The number of hydrogen-bond acceptors (Lipinski definition) is 5. The van der Waals surface area contributed by atoms with Crippen LogP contribution in [0.4, 0.5) is 15.8 Å². The Balaban J connectivity index is 1.83. The highest BCUT2D eigenvalue weighted by Gasteiger charge is 2.41. The van der Waals surface area contributed by atoms with E-state index in [9.17, 15) is 14.0 Å². The normalized spacial score (nSPS) is 14.0. The van der Waals surface area contributed by atoms with E-state index in [1.807, 2.05) is 5.38 Å². The lowest BCUT2D eigenvalue weighted by Crippen LogP contribution is -2.32. The third-order valence-corrected chi connectivity index (χ3v) is 5.46. The molecular formula is C21H14ClFN2O3S. The number of halogens is 2. The van der Waals surface area contributed by atoms with E-state index in [0.29, 0.717) is 21.3 Å². The molecule has 1 aromatic heterocycles. The highest BCUT2D eigenvalue weighted by molar-refractivity contribution is 7.11. The van der Waals surface area contributed by atoms with Crippen molar-refractivity contribution in [2.45, 2.75) is 0 Å². The fraction of sp³-hybridized carbons (Fsp3) is 0.0476. The number of imide groups is 1. The maximum absolute atomic E-state index is 13.7. The Bertz CT molecular complexity index is 1140. The fourth-order valence-electron chi connectivity index (χ4n) is 3.06. The first-order valence-corrected chi connectivity index (χ1v) is 9.78. The molecule has 0 saturated heterocycles. The Morgan fingerprint density at radius 1 is 1.07 bits per heavy atom. The van der Waals surface area contributed by atoms with E-state index in [2.05, 4.69) is 5.32 Å². The molecule has 0 atom stereocenters. The molecule has 0 fully saturated rings. The molecular weight excluding hydrogens is 415 g/mol. The third kappa shape index (κ3) is 3.50. The first kappa shape index (κ1) is 19.2. The van der Waals surface area contributed by atoms with Gasteiger partial charge in [0, 0.05) is 9.90 Å². The molecule has 2 amide bonds. The number of thiophene rings is 1. The van der Waals surface area contributed by atoms with Gasteiger partial charge in [-0.3, -0.25) is 9.59 Å². The Morgan fingerprint density at radius 3 is 2.59 bits per heavy atom. The monoisotopic (exact) mass is 428 g/mol. The molecule has 1 N–H and O–H groups in total. The van der Waals surface area contributed by atoms with Gasteiger partial charge in [0.25, 0.3) is 11.8 Å². The SMILES string of the molecule is COc1ccc(Cl)cc1NC1=C(c2cccs2)C(=O)N(c2cccc(F)c2)C1=O. The lowest BCUT2D eigenvalue weighted by Gasteiger charge is -2.16. The van der Waals surface area contributed by atoms with E-state index in [0.717, 1.165) is 11.0 Å². The Labute approximate surface area is 175 Å². The quantitative estimate of drug-likeness (QED) is 0.584. The van der Waals surface area contributed by atoms with Crippen LogP contribution >= 0.6 is 22.9 Å². The molecule has 4 rings (SSSR count). The minimum absolute atomic E-state index is 0.0716. The predicted octanol–water partition coefficient (Wildman–Crippen LogP) is 4.95. The first-order chi connectivity index (χ1) is 14.0. The average molecular weight is 429 g/mol. The predicted molar refractivity (Wildman–Crippen MR) is 112 cm³/mol. The van der Waals surface area contributed by atoms with E-state index in [4.69, 9.17) is 16.3 Å². The average Bonchev–Trinajstić information content (AvgIpc) is 3.29. The van der Waals surface area contributed by atoms with Crippen molar-refractivity contribution in [3.63, 3.8) is 0 Å². The van der Waals surface area contributed by atoms with Crippen LogP contribution in [0.1, 0.15) is 4.88 Å². The zero-order valence-corrected chi connectivity index (χ0v) is 16.7. The summed E-state index contributed by atoms with van der Waals surface area (Å²) in [6, 6.07) is 13.8. The molecule has 8 heteroatoms. The summed E-state index contributed by atoms with van der Waals surface area (Å²) in [7, 11) is 1.49. The molecule has 2 aromatic carbocycles. The molecule has 0 aliphatic carbocycles. The summed E-state index contributed by atoms with van der Waals surface area (Å²) in [5, 5.41) is 5.25. The second kappa shape index (κ2) is 7.69. The van der Waals surface area contributed by atoms with Gasteiger partial charge in [-0.25, -0.2) is 9.29 Å². The summed E-state index contributed by atoms with van der Waals surface area (Å²) in [4.78, 5) is 28.0. The van der Waals surface area contributed by atoms with E-state index in [-0.39, 0.29) is 17.0 Å². The van der Waals surface area contributed by atoms with Crippen molar-refractivity contribution in [2.75, 3.05) is 17.3 Å². The molecule has 3 aromatic rings. The van der Waals surface area contributed by atoms with Crippen molar-refractivity contribution >= 4 is 51.7 Å². The minimum Gasteiger partial charge on any atom is -0.495 e.